The van der Waals surface area contributed by atoms with Crippen molar-refractivity contribution < 1.29 is 13.9 Å². The zero-order chi connectivity index (χ0) is 18.5. The number of benzene rings is 2. The molecule has 2 aromatic carbocycles. The Morgan fingerprint density at radius 2 is 1.85 bits per heavy atom. The average Bonchev–Trinajstić information content (AvgIpc) is 2.64. The lowest BCUT2D eigenvalue weighted by Gasteiger charge is -2.11. The van der Waals surface area contributed by atoms with Crippen LogP contribution in [0.3, 0.4) is 0 Å². The van der Waals surface area contributed by atoms with Crippen LogP contribution < -0.4 is 15.4 Å². The van der Waals surface area contributed by atoms with Crippen molar-refractivity contribution in [2.75, 3.05) is 17.7 Å². The molecule has 26 heavy (non-hydrogen) atoms. The predicted octanol–water partition coefficient (Wildman–Crippen LogP) is 3.93. The van der Waals surface area contributed by atoms with Gasteiger partial charge in [0.15, 0.2) is 0 Å². The number of anilines is 3. The largest absolute Gasteiger partial charge is 0.495 e. The fourth-order valence-corrected chi connectivity index (χ4v) is 2.30. The average molecular weight is 352 g/mol. The van der Waals surface area contributed by atoms with Crippen LogP contribution in [0.2, 0.25) is 0 Å². The molecule has 0 atom stereocenters. The maximum Gasteiger partial charge on any atom is 0.275 e. The van der Waals surface area contributed by atoms with Crippen LogP contribution in [0.1, 0.15) is 16.1 Å². The van der Waals surface area contributed by atoms with Crippen LogP contribution in [-0.2, 0) is 0 Å². The van der Waals surface area contributed by atoms with E-state index in [2.05, 4.69) is 20.6 Å². The molecule has 0 aliphatic carbocycles. The first-order chi connectivity index (χ1) is 12.5. The van der Waals surface area contributed by atoms with Crippen molar-refractivity contribution in [1.82, 2.24) is 9.97 Å². The van der Waals surface area contributed by atoms with E-state index in [0.717, 1.165) is 5.56 Å². The third kappa shape index (κ3) is 4.13. The Balaban J connectivity index is 1.71. The molecule has 3 rings (SSSR count). The van der Waals surface area contributed by atoms with Gasteiger partial charge in [0.05, 0.1) is 25.2 Å². The van der Waals surface area contributed by atoms with E-state index < -0.39 is 5.91 Å². The summed E-state index contributed by atoms with van der Waals surface area (Å²) in [6, 6.07) is 11.3. The Labute approximate surface area is 150 Å². The van der Waals surface area contributed by atoms with E-state index in [1.54, 1.807) is 18.2 Å². The van der Waals surface area contributed by atoms with Crippen molar-refractivity contribution in [3.8, 4) is 5.75 Å². The summed E-state index contributed by atoms with van der Waals surface area (Å²) in [7, 11) is 1.54. The minimum Gasteiger partial charge on any atom is -0.495 e. The topological polar surface area (TPSA) is 76.1 Å². The quantitative estimate of drug-likeness (QED) is 0.728. The minimum absolute atomic E-state index is 0.165. The number of hydrogen-bond acceptors (Lipinski definition) is 5. The summed E-state index contributed by atoms with van der Waals surface area (Å²) in [6.07, 6.45) is 2.80. The number of amides is 1. The summed E-state index contributed by atoms with van der Waals surface area (Å²) in [5.41, 5.74) is 2.39. The number of carbonyl (C=O) groups is 1. The van der Waals surface area contributed by atoms with E-state index >= 15 is 0 Å². The zero-order valence-electron chi connectivity index (χ0n) is 14.3. The Bertz CT molecular complexity index is 912. The van der Waals surface area contributed by atoms with Crippen molar-refractivity contribution in [3.63, 3.8) is 0 Å². The third-order valence-electron chi connectivity index (χ3n) is 3.60. The summed E-state index contributed by atoms with van der Waals surface area (Å²) in [5, 5.41) is 5.75. The lowest BCUT2D eigenvalue weighted by molar-refractivity contribution is 0.102. The molecular formula is C19H17FN4O2. The third-order valence-corrected chi connectivity index (χ3v) is 3.60. The molecule has 0 fully saturated rings. The molecule has 2 N–H and O–H groups in total. The molecule has 6 nitrogen and oxygen atoms in total. The SMILES string of the molecule is COc1ccc(C)cc1NC(=O)c1cnc(Nc2ccc(F)cc2)cn1. The Hall–Kier alpha value is -3.48. The van der Waals surface area contributed by atoms with Crippen molar-refractivity contribution in [3.05, 3.63) is 71.9 Å². The number of aromatic nitrogens is 2. The van der Waals surface area contributed by atoms with Gasteiger partial charge in [-0.05, 0) is 48.9 Å². The van der Waals surface area contributed by atoms with Gasteiger partial charge in [-0.3, -0.25) is 4.79 Å². The van der Waals surface area contributed by atoms with Gasteiger partial charge in [-0.25, -0.2) is 14.4 Å². The van der Waals surface area contributed by atoms with Crippen LogP contribution in [-0.4, -0.2) is 23.0 Å². The van der Waals surface area contributed by atoms with E-state index in [4.69, 9.17) is 4.74 Å². The Morgan fingerprint density at radius 3 is 2.50 bits per heavy atom. The molecule has 1 aromatic heterocycles. The summed E-state index contributed by atoms with van der Waals surface area (Å²) in [6.45, 7) is 1.92. The summed E-state index contributed by atoms with van der Waals surface area (Å²) >= 11 is 0. The van der Waals surface area contributed by atoms with Gasteiger partial charge in [0.1, 0.15) is 23.1 Å². The summed E-state index contributed by atoms with van der Waals surface area (Å²) in [5.74, 6) is 0.294. The summed E-state index contributed by atoms with van der Waals surface area (Å²) in [4.78, 5) is 20.6. The molecular weight excluding hydrogens is 335 g/mol. The zero-order valence-corrected chi connectivity index (χ0v) is 14.3. The highest BCUT2D eigenvalue weighted by Gasteiger charge is 2.12. The highest BCUT2D eigenvalue weighted by Crippen LogP contribution is 2.25. The van der Waals surface area contributed by atoms with Gasteiger partial charge >= 0.3 is 0 Å². The van der Waals surface area contributed by atoms with Gasteiger partial charge in [-0.1, -0.05) is 6.07 Å². The molecule has 3 aromatic rings. The Kier molecular flexibility index (Phi) is 5.07. The van der Waals surface area contributed by atoms with Crippen molar-refractivity contribution in [2.45, 2.75) is 6.92 Å². The minimum atomic E-state index is -0.394. The summed E-state index contributed by atoms with van der Waals surface area (Å²) < 4.78 is 18.2. The van der Waals surface area contributed by atoms with Crippen LogP contribution >= 0.6 is 0 Å². The van der Waals surface area contributed by atoms with E-state index in [1.807, 2.05) is 19.1 Å². The van der Waals surface area contributed by atoms with Crippen molar-refractivity contribution in [2.24, 2.45) is 0 Å². The molecule has 0 aliphatic heterocycles. The van der Waals surface area contributed by atoms with Gasteiger partial charge in [-0.2, -0.15) is 0 Å². The number of halogens is 1. The monoisotopic (exact) mass is 352 g/mol. The number of nitrogens with one attached hydrogen (secondary N) is 2. The second-order valence-corrected chi connectivity index (χ2v) is 5.58. The van der Waals surface area contributed by atoms with Gasteiger partial charge in [0.2, 0.25) is 0 Å². The normalized spacial score (nSPS) is 10.3. The molecule has 0 spiro atoms. The maximum absolute atomic E-state index is 12.9. The molecule has 0 saturated heterocycles. The fourth-order valence-electron chi connectivity index (χ4n) is 2.30. The molecule has 7 heteroatoms. The van der Waals surface area contributed by atoms with Crippen molar-refractivity contribution >= 4 is 23.1 Å². The Morgan fingerprint density at radius 1 is 1.08 bits per heavy atom. The lowest BCUT2D eigenvalue weighted by Crippen LogP contribution is -2.15. The van der Waals surface area contributed by atoms with Gasteiger partial charge in [0, 0.05) is 5.69 Å². The molecule has 0 bridgehead atoms. The predicted molar refractivity (Wildman–Crippen MR) is 97.4 cm³/mol. The molecule has 132 valence electrons. The van der Waals surface area contributed by atoms with E-state index in [9.17, 15) is 9.18 Å². The number of rotatable bonds is 5. The van der Waals surface area contributed by atoms with Crippen LogP contribution in [0.4, 0.5) is 21.6 Å². The highest BCUT2D eigenvalue weighted by molar-refractivity contribution is 6.03. The number of methoxy groups -OCH3 is 1. The standard InChI is InChI=1S/C19H17FN4O2/c1-12-3-8-17(26-2)15(9-12)24-19(25)16-10-22-18(11-21-16)23-14-6-4-13(20)5-7-14/h3-11H,1-2H3,(H,22,23)(H,24,25). The first-order valence-corrected chi connectivity index (χ1v) is 7.86. The fraction of sp³-hybridized carbons (Fsp3) is 0.105. The second kappa shape index (κ2) is 7.60. The van der Waals surface area contributed by atoms with Gasteiger partial charge in [0.25, 0.3) is 5.91 Å². The van der Waals surface area contributed by atoms with Crippen LogP contribution in [0, 0.1) is 12.7 Å². The van der Waals surface area contributed by atoms with Crippen LogP contribution in [0.25, 0.3) is 0 Å². The van der Waals surface area contributed by atoms with Gasteiger partial charge < -0.3 is 15.4 Å². The molecule has 0 radical (unpaired) electrons. The first kappa shape index (κ1) is 17.3. The molecule has 0 unspecified atom stereocenters. The maximum atomic E-state index is 12.9. The number of carbonyl (C=O) groups excluding carboxylic acids is 1. The second-order valence-electron chi connectivity index (χ2n) is 5.58. The van der Waals surface area contributed by atoms with E-state index in [1.165, 1.54) is 31.6 Å². The first-order valence-electron chi connectivity index (χ1n) is 7.86. The molecule has 0 saturated carbocycles. The van der Waals surface area contributed by atoms with E-state index in [-0.39, 0.29) is 11.5 Å². The highest BCUT2D eigenvalue weighted by atomic mass is 19.1. The number of aryl methyl sites for hydroxylation is 1. The number of ether oxygens (including phenoxy) is 1. The van der Waals surface area contributed by atoms with E-state index in [0.29, 0.717) is 22.9 Å². The molecule has 1 heterocycles. The van der Waals surface area contributed by atoms with Crippen LogP contribution in [0.15, 0.2) is 54.9 Å². The number of hydrogen-bond donors (Lipinski definition) is 2. The number of nitrogens with zero attached hydrogens (tertiary/aromatic N) is 2. The lowest BCUT2D eigenvalue weighted by atomic mass is 10.2. The van der Waals surface area contributed by atoms with Crippen molar-refractivity contribution in [1.29, 1.82) is 0 Å². The molecule has 0 aliphatic rings. The van der Waals surface area contributed by atoms with Crippen LogP contribution in [0.5, 0.6) is 5.75 Å². The smallest absolute Gasteiger partial charge is 0.275 e. The molecule has 1 amide bonds. The van der Waals surface area contributed by atoms with Gasteiger partial charge in [-0.15, -0.1) is 0 Å².